The first kappa shape index (κ1) is 20.6. The van der Waals surface area contributed by atoms with Crippen molar-refractivity contribution in [3.8, 4) is 0 Å². The fraction of sp³-hybridized carbons (Fsp3) is 0.381. The average molecular weight is 431 g/mol. The maximum absolute atomic E-state index is 13.1. The predicted molar refractivity (Wildman–Crippen MR) is 113 cm³/mol. The van der Waals surface area contributed by atoms with Crippen LogP contribution in [0.3, 0.4) is 0 Å². The summed E-state index contributed by atoms with van der Waals surface area (Å²) in [7, 11) is 1.59. The van der Waals surface area contributed by atoms with E-state index in [4.69, 9.17) is 20.8 Å². The SMILES string of the molecule is Cc1oc2ncn(C)c(=O)c2c1C(=O)NCC(c1ccc(Cl)cc1)N1CCOCC1. The van der Waals surface area contributed by atoms with Crippen molar-refractivity contribution < 1.29 is 13.9 Å². The van der Waals surface area contributed by atoms with E-state index in [1.165, 1.54) is 10.9 Å². The molecule has 1 aliphatic rings. The molecule has 1 fully saturated rings. The predicted octanol–water partition coefficient (Wildman–Crippen LogP) is 2.29. The average Bonchev–Trinajstić information content (AvgIpc) is 3.09. The Morgan fingerprint density at radius 2 is 1.97 bits per heavy atom. The number of carbonyl (C=O) groups is 1. The van der Waals surface area contributed by atoms with Crippen molar-refractivity contribution in [3.63, 3.8) is 0 Å². The van der Waals surface area contributed by atoms with E-state index in [1.807, 2.05) is 24.3 Å². The topological polar surface area (TPSA) is 89.6 Å². The van der Waals surface area contributed by atoms with Crippen molar-refractivity contribution in [2.45, 2.75) is 13.0 Å². The van der Waals surface area contributed by atoms with E-state index in [9.17, 15) is 9.59 Å². The summed E-state index contributed by atoms with van der Waals surface area (Å²) in [6, 6.07) is 7.57. The highest BCUT2D eigenvalue weighted by Crippen LogP contribution is 2.24. The highest BCUT2D eigenvalue weighted by atomic mass is 35.5. The number of hydrogen-bond donors (Lipinski definition) is 1. The Morgan fingerprint density at radius 1 is 1.27 bits per heavy atom. The monoisotopic (exact) mass is 430 g/mol. The van der Waals surface area contributed by atoms with Gasteiger partial charge < -0.3 is 19.0 Å². The summed E-state index contributed by atoms with van der Waals surface area (Å²) in [5.41, 5.74) is 1.14. The number of nitrogens with one attached hydrogen (secondary N) is 1. The molecule has 3 aromatic rings. The molecule has 3 heterocycles. The molecule has 2 aromatic heterocycles. The van der Waals surface area contributed by atoms with Crippen LogP contribution in [0.4, 0.5) is 0 Å². The maximum Gasteiger partial charge on any atom is 0.265 e. The Hall–Kier alpha value is -2.68. The number of ether oxygens (including phenoxy) is 1. The quantitative estimate of drug-likeness (QED) is 0.668. The number of furan rings is 1. The third kappa shape index (κ3) is 3.98. The lowest BCUT2D eigenvalue weighted by atomic mass is 10.0. The molecule has 1 atom stereocenters. The number of nitrogens with zero attached hydrogens (tertiary/aromatic N) is 3. The van der Waals surface area contributed by atoms with Crippen molar-refractivity contribution in [3.05, 3.63) is 62.9 Å². The molecule has 9 heteroatoms. The molecule has 1 N–H and O–H groups in total. The Kier molecular flexibility index (Phi) is 5.90. The summed E-state index contributed by atoms with van der Waals surface area (Å²) in [6.07, 6.45) is 1.38. The van der Waals surface area contributed by atoms with Crippen molar-refractivity contribution in [1.82, 2.24) is 19.8 Å². The van der Waals surface area contributed by atoms with Gasteiger partial charge in [-0.25, -0.2) is 4.98 Å². The van der Waals surface area contributed by atoms with E-state index in [1.54, 1.807) is 14.0 Å². The summed E-state index contributed by atoms with van der Waals surface area (Å²) in [6.45, 7) is 4.85. The van der Waals surface area contributed by atoms with Crippen molar-refractivity contribution in [2.75, 3.05) is 32.8 Å². The number of aromatic nitrogens is 2. The van der Waals surface area contributed by atoms with Gasteiger partial charge in [0.1, 0.15) is 17.5 Å². The molecule has 4 rings (SSSR count). The van der Waals surface area contributed by atoms with E-state index in [-0.39, 0.29) is 34.2 Å². The smallest absolute Gasteiger partial charge is 0.265 e. The Balaban J connectivity index is 1.61. The number of fused-ring (bicyclic) bond motifs is 1. The summed E-state index contributed by atoms with van der Waals surface area (Å²) in [5, 5.41) is 3.84. The van der Waals surface area contributed by atoms with Gasteiger partial charge in [-0.1, -0.05) is 23.7 Å². The summed E-state index contributed by atoms with van der Waals surface area (Å²) >= 11 is 6.05. The number of benzene rings is 1. The number of amides is 1. The van der Waals surface area contributed by atoms with Crippen LogP contribution in [0.15, 0.2) is 39.8 Å². The van der Waals surface area contributed by atoms with Gasteiger partial charge in [-0.3, -0.25) is 14.5 Å². The van der Waals surface area contributed by atoms with Crippen LogP contribution in [0, 0.1) is 6.92 Å². The highest BCUT2D eigenvalue weighted by molar-refractivity contribution is 6.30. The minimum atomic E-state index is -0.358. The van der Waals surface area contributed by atoms with E-state index in [2.05, 4.69) is 15.2 Å². The van der Waals surface area contributed by atoms with Crippen LogP contribution >= 0.6 is 11.6 Å². The number of carbonyl (C=O) groups excluding carboxylic acids is 1. The van der Waals surface area contributed by atoms with Crippen LogP contribution in [0.2, 0.25) is 5.02 Å². The zero-order valence-corrected chi connectivity index (χ0v) is 17.6. The van der Waals surface area contributed by atoms with Gasteiger partial charge in [-0.2, -0.15) is 0 Å². The lowest BCUT2D eigenvalue weighted by molar-refractivity contribution is 0.0162. The molecule has 0 saturated carbocycles. The first-order valence-corrected chi connectivity index (χ1v) is 10.1. The summed E-state index contributed by atoms with van der Waals surface area (Å²) in [4.78, 5) is 32.0. The minimum absolute atomic E-state index is 0.0467. The minimum Gasteiger partial charge on any atom is -0.442 e. The molecule has 1 amide bonds. The molecule has 30 heavy (non-hydrogen) atoms. The van der Waals surface area contributed by atoms with Crippen LogP contribution in [-0.4, -0.2) is 53.2 Å². The molecule has 1 aliphatic heterocycles. The van der Waals surface area contributed by atoms with Gasteiger partial charge in [0, 0.05) is 31.7 Å². The van der Waals surface area contributed by atoms with Crippen LogP contribution in [0.1, 0.15) is 27.7 Å². The number of morpholine rings is 1. The van der Waals surface area contributed by atoms with Crippen LogP contribution in [-0.2, 0) is 11.8 Å². The van der Waals surface area contributed by atoms with Gasteiger partial charge in [0.15, 0.2) is 0 Å². The lowest BCUT2D eigenvalue weighted by Gasteiger charge is -2.35. The standard InChI is InChI=1S/C21H23ClN4O4/c1-13-17(18-20(30-13)24-12-25(2)21(18)28)19(27)23-11-16(26-7-9-29-10-8-26)14-3-5-15(22)6-4-14/h3-6,12,16H,7-11H2,1-2H3,(H,23,27). The third-order valence-corrected chi connectivity index (χ3v) is 5.62. The fourth-order valence-electron chi connectivity index (χ4n) is 3.77. The zero-order valence-electron chi connectivity index (χ0n) is 16.9. The Morgan fingerprint density at radius 3 is 2.67 bits per heavy atom. The fourth-order valence-corrected chi connectivity index (χ4v) is 3.90. The largest absolute Gasteiger partial charge is 0.442 e. The van der Waals surface area contributed by atoms with Crippen molar-refractivity contribution in [2.24, 2.45) is 7.05 Å². The van der Waals surface area contributed by atoms with Crippen LogP contribution in [0.25, 0.3) is 11.1 Å². The van der Waals surface area contributed by atoms with Gasteiger partial charge in [0.2, 0.25) is 5.71 Å². The number of rotatable bonds is 5. The highest BCUT2D eigenvalue weighted by Gasteiger charge is 2.26. The van der Waals surface area contributed by atoms with Crippen LogP contribution < -0.4 is 10.9 Å². The van der Waals surface area contributed by atoms with E-state index in [0.717, 1.165) is 18.7 Å². The summed E-state index contributed by atoms with van der Waals surface area (Å²) < 4.78 is 12.4. The first-order chi connectivity index (χ1) is 14.5. The molecular formula is C21H23ClN4O4. The zero-order chi connectivity index (χ0) is 21.3. The van der Waals surface area contributed by atoms with Crippen LogP contribution in [0.5, 0.6) is 0 Å². The van der Waals surface area contributed by atoms with Gasteiger partial charge in [-0.05, 0) is 24.6 Å². The van der Waals surface area contributed by atoms with Gasteiger partial charge in [0.25, 0.3) is 11.5 Å². The Bertz CT molecular complexity index is 1120. The molecular weight excluding hydrogens is 408 g/mol. The molecule has 1 saturated heterocycles. The second-order valence-corrected chi connectivity index (χ2v) is 7.74. The van der Waals surface area contributed by atoms with E-state index < -0.39 is 0 Å². The molecule has 8 nitrogen and oxygen atoms in total. The molecule has 1 unspecified atom stereocenters. The molecule has 0 aliphatic carbocycles. The number of aryl methyl sites for hydroxylation is 2. The molecule has 0 radical (unpaired) electrons. The van der Waals surface area contributed by atoms with Crippen molar-refractivity contribution in [1.29, 1.82) is 0 Å². The number of halogens is 1. The molecule has 0 spiro atoms. The summed E-state index contributed by atoms with van der Waals surface area (Å²) in [5.74, 6) is 0.0105. The molecule has 0 bridgehead atoms. The van der Waals surface area contributed by atoms with Gasteiger partial charge in [0.05, 0.1) is 24.8 Å². The first-order valence-electron chi connectivity index (χ1n) is 9.76. The Labute approximate surface area is 178 Å². The second kappa shape index (κ2) is 8.59. The molecule has 1 aromatic carbocycles. The van der Waals surface area contributed by atoms with E-state index in [0.29, 0.717) is 30.5 Å². The normalized spacial score (nSPS) is 16.0. The lowest BCUT2D eigenvalue weighted by Crippen LogP contribution is -2.44. The molecule has 158 valence electrons. The van der Waals surface area contributed by atoms with Gasteiger partial charge in [-0.15, -0.1) is 0 Å². The van der Waals surface area contributed by atoms with Crippen molar-refractivity contribution >= 4 is 28.6 Å². The third-order valence-electron chi connectivity index (χ3n) is 5.37. The second-order valence-electron chi connectivity index (χ2n) is 7.30. The van der Waals surface area contributed by atoms with Gasteiger partial charge >= 0.3 is 0 Å². The maximum atomic E-state index is 13.1. The number of hydrogen-bond acceptors (Lipinski definition) is 6. The van der Waals surface area contributed by atoms with E-state index >= 15 is 0 Å².